The Kier molecular flexibility index (Phi) is 9.16. The van der Waals surface area contributed by atoms with E-state index in [9.17, 15) is 4.39 Å². The molecule has 1 aliphatic carbocycles. The second kappa shape index (κ2) is 12.3. The molecule has 2 N–H and O–H groups in total. The molecule has 1 saturated carbocycles. The van der Waals surface area contributed by atoms with Crippen LogP contribution in [0.4, 0.5) is 16.0 Å². The largest absolute Gasteiger partial charge is 0.381 e. The van der Waals surface area contributed by atoms with Gasteiger partial charge in [0.15, 0.2) is 11.6 Å². The van der Waals surface area contributed by atoms with Gasteiger partial charge in [-0.1, -0.05) is 11.6 Å². The number of anilines is 2. The number of halogens is 2. The van der Waals surface area contributed by atoms with Crippen molar-refractivity contribution in [3.8, 4) is 11.3 Å². The van der Waals surface area contributed by atoms with Gasteiger partial charge in [-0.25, -0.2) is 14.4 Å². The highest BCUT2D eigenvalue weighted by Gasteiger charge is 2.28. The van der Waals surface area contributed by atoms with E-state index in [1.54, 1.807) is 19.4 Å². The van der Waals surface area contributed by atoms with Crippen LogP contribution in [0.5, 0.6) is 0 Å². The zero-order chi connectivity index (χ0) is 24.8. The average molecular weight is 506 g/mol. The summed E-state index contributed by atoms with van der Waals surface area (Å²) in [6.45, 7) is 6.50. The predicted molar refractivity (Wildman–Crippen MR) is 138 cm³/mol. The lowest BCUT2D eigenvalue weighted by Gasteiger charge is -2.37. The van der Waals surface area contributed by atoms with Crippen molar-refractivity contribution in [3.05, 3.63) is 35.2 Å². The SMILES string of the molecule is CON(C(C)C)C1CCC(Nc2cc(-c3ccc(F)c(NCC4CCOCC4)n3)c(Cl)cn2)CC1. The molecule has 0 aromatic carbocycles. The minimum atomic E-state index is -0.368. The Labute approximate surface area is 212 Å². The Morgan fingerprint density at radius 1 is 1.17 bits per heavy atom. The summed E-state index contributed by atoms with van der Waals surface area (Å²) in [5.41, 5.74) is 1.35. The lowest BCUT2D eigenvalue weighted by molar-refractivity contribution is -0.189. The maximum absolute atomic E-state index is 14.5. The first-order valence-corrected chi connectivity index (χ1v) is 13.1. The molecule has 9 heteroatoms. The number of aromatic nitrogens is 2. The van der Waals surface area contributed by atoms with Crippen molar-refractivity contribution in [1.82, 2.24) is 15.0 Å². The minimum Gasteiger partial charge on any atom is -0.381 e. The van der Waals surface area contributed by atoms with Crippen LogP contribution in [0.1, 0.15) is 52.4 Å². The molecule has 3 heterocycles. The Morgan fingerprint density at radius 2 is 1.91 bits per heavy atom. The lowest BCUT2D eigenvalue weighted by Crippen LogP contribution is -2.43. The molecule has 2 fully saturated rings. The molecule has 1 aliphatic heterocycles. The van der Waals surface area contributed by atoms with Crippen molar-refractivity contribution in [2.24, 2.45) is 5.92 Å². The maximum atomic E-state index is 14.5. The molecule has 7 nitrogen and oxygen atoms in total. The van der Waals surface area contributed by atoms with E-state index in [1.807, 2.05) is 6.07 Å². The normalized spacial score (nSPS) is 21.5. The summed E-state index contributed by atoms with van der Waals surface area (Å²) < 4.78 is 19.9. The standard InChI is InChI=1S/C26H37ClFN5O2/c1-17(2)33(34-3)20-6-4-19(5-7-20)31-25-14-21(22(27)16-29-25)24-9-8-23(28)26(32-24)30-15-18-10-12-35-13-11-18/h8-9,14,16-20H,4-7,10-13,15H2,1-3H3,(H,29,31)(H,30,32). The Balaban J connectivity index is 1.41. The molecular weight excluding hydrogens is 469 g/mol. The molecule has 0 atom stereocenters. The number of rotatable bonds is 9. The molecule has 192 valence electrons. The second-order valence-corrected chi connectivity index (χ2v) is 10.2. The van der Waals surface area contributed by atoms with Gasteiger partial charge >= 0.3 is 0 Å². The monoisotopic (exact) mass is 505 g/mol. The van der Waals surface area contributed by atoms with E-state index in [1.165, 1.54) is 6.07 Å². The number of hydrogen-bond donors (Lipinski definition) is 2. The summed E-state index contributed by atoms with van der Waals surface area (Å²) in [6, 6.07) is 6.13. The van der Waals surface area contributed by atoms with Crippen LogP contribution in [0.3, 0.4) is 0 Å². The molecular formula is C26H37ClFN5O2. The van der Waals surface area contributed by atoms with Crippen LogP contribution in [-0.4, -0.2) is 60.0 Å². The second-order valence-electron chi connectivity index (χ2n) is 9.80. The van der Waals surface area contributed by atoms with Gasteiger partial charge < -0.3 is 20.2 Å². The van der Waals surface area contributed by atoms with Crippen molar-refractivity contribution in [1.29, 1.82) is 0 Å². The van der Waals surface area contributed by atoms with Gasteiger partial charge in [-0.05, 0) is 76.5 Å². The molecule has 2 aromatic rings. The van der Waals surface area contributed by atoms with Crippen molar-refractivity contribution >= 4 is 23.2 Å². The van der Waals surface area contributed by atoms with E-state index in [0.717, 1.165) is 63.1 Å². The molecule has 0 radical (unpaired) electrons. The summed E-state index contributed by atoms with van der Waals surface area (Å²) in [5.74, 6) is 1.10. The molecule has 2 aliphatic rings. The first-order valence-electron chi connectivity index (χ1n) is 12.7. The van der Waals surface area contributed by atoms with E-state index >= 15 is 0 Å². The zero-order valence-corrected chi connectivity index (χ0v) is 21.7. The number of hydroxylamine groups is 2. The van der Waals surface area contributed by atoms with Crippen molar-refractivity contribution < 1.29 is 14.0 Å². The van der Waals surface area contributed by atoms with E-state index < -0.39 is 0 Å². The number of nitrogens with zero attached hydrogens (tertiary/aromatic N) is 3. The maximum Gasteiger partial charge on any atom is 0.165 e. The highest BCUT2D eigenvalue weighted by atomic mass is 35.5. The predicted octanol–water partition coefficient (Wildman–Crippen LogP) is 5.77. The highest BCUT2D eigenvalue weighted by molar-refractivity contribution is 6.33. The van der Waals surface area contributed by atoms with Crippen LogP contribution < -0.4 is 10.6 Å². The molecule has 0 unspecified atom stereocenters. The smallest absolute Gasteiger partial charge is 0.165 e. The van der Waals surface area contributed by atoms with Crippen molar-refractivity contribution in [3.63, 3.8) is 0 Å². The van der Waals surface area contributed by atoms with Gasteiger partial charge in [-0.3, -0.25) is 0 Å². The van der Waals surface area contributed by atoms with Crippen LogP contribution in [0, 0.1) is 11.7 Å². The number of nitrogens with one attached hydrogen (secondary N) is 2. The van der Waals surface area contributed by atoms with Gasteiger partial charge in [0.2, 0.25) is 0 Å². The Hall–Kier alpha value is -2.00. The van der Waals surface area contributed by atoms with Gasteiger partial charge in [0.25, 0.3) is 0 Å². The molecule has 0 spiro atoms. The van der Waals surface area contributed by atoms with Gasteiger partial charge in [0, 0.05) is 49.6 Å². The number of hydrogen-bond acceptors (Lipinski definition) is 7. The fourth-order valence-corrected chi connectivity index (χ4v) is 5.29. The molecule has 1 saturated heterocycles. The number of ether oxygens (including phenoxy) is 1. The lowest BCUT2D eigenvalue weighted by atomic mass is 9.90. The molecule has 0 amide bonds. The summed E-state index contributed by atoms with van der Waals surface area (Å²) in [7, 11) is 1.75. The molecule has 35 heavy (non-hydrogen) atoms. The highest BCUT2D eigenvalue weighted by Crippen LogP contribution is 2.32. The Morgan fingerprint density at radius 3 is 2.60 bits per heavy atom. The van der Waals surface area contributed by atoms with E-state index in [0.29, 0.717) is 41.3 Å². The fraction of sp³-hybridized carbons (Fsp3) is 0.615. The van der Waals surface area contributed by atoms with E-state index in [2.05, 4.69) is 39.5 Å². The third-order valence-electron chi connectivity index (χ3n) is 7.00. The van der Waals surface area contributed by atoms with Crippen molar-refractivity contribution in [2.45, 2.75) is 70.5 Å². The quantitative estimate of drug-likeness (QED) is 0.419. The topological polar surface area (TPSA) is 71.5 Å². The average Bonchev–Trinajstić information content (AvgIpc) is 2.87. The zero-order valence-electron chi connectivity index (χ0n) is 20.9. The molecule has 0 bridgehead atoms. The summed E-state index contributed by atoms with van der Waals surface area (Å²) in [6.07, 6.45) is 7.77. The Bertz CT molecular complexity index is 965. The van der Waals surface area contributed by atoms with Crippen molar-refractivity contribution in [2.75, 3.05) is 37.5 Å². The third-order valence-corrected chi connectivity index (χ3v) is 7.31. The molecule has 2 aromatic heterocycles. The summed E-state index contributed by atoms with van der Waals surface area (Å²) in [4.78, 5) is 14.6. The first kappa shape index (κ1) is 26.1. The van der Waals surface area contributed by atoms with Gasteiger partial charge in [-0.2, -0.15) is 5.06 Å². The van der Waals surface area contributed by atoms with Crippen LogP contribution in [0.25, 0.3) is 11.3 Å². The minimum absolute atomic E-state index is 0.252. The van der Waals surface area contributed by atoms with Gasteiger partial charge in [0.05, 0.1) is 17.8 Å². The first-order chi connectivity index (χ1) is 16.9. The van der Waals surface area contributed by atoms with Crippen LogP contribution >= 0.6 is 11.6 Å². The van der Waals surface area contributed by atoms with Crippen LogP contribution in [0.2, 0.25) is 5.02 Å². The molecule has 4 rings (SSSR count). The van der Waals surface area contributed by atoms with E-state index in [4.69, 9.17) is 21.2 Å². The van der Waals surface area contributed by atoms with E-state index in [-0.39, 0.29) is 11.6 Å². The fourth-order valence-electron chi connectivity index (χ4n) is 5.09. The van der Waals surface area contributed by atoms with Gasteiger partial charge in [0.1, 0.15) is 5.82 Å². The number of pyridine rings is 2. The summed E-state index contributed by atoms with van der Waals surface area (Å²) in [5, 5.41) is 9.34. The van der Waals surface area contributed by atoms with Gasteiger partial charge in [-0.15, -0.1) is 0 Å². The third kappa shape index (κ3) is 6.82. The van der Waals surface area contributed by atoms with Crippen LogP contribution in [0.15, 0.2) is 24.4 Å². The van der Waals surface area contributed by atoms with Crippen LogP contribution in [-0.2, 0) is 9.57 Å². The summed E-state index contributed by atoms with van der Waals surface area (Å²) >= 11 is 6.49.